The molecule has 0 aliphatic heterocycles. The Morgan fingerprint density at radius 1 is 1.53 bits per heavy atom. The van der Waals surface area contributed by atoms with Gasteiger partial charge in [-0.05, 0) is 22.0 Å². The van der Waals surface area contributed by atoms with Crippen LogP contribution >= 0.6 is 27.5 Å². The van der Waals surface area contributed by atoms with E-state index in [1.807, 2.05) is 0 Å². The van der Waals surface area contributed by atoms with Crippen LogP contribution in [0.1, 0.15) is 5.89 Å². The summed E-state index contributed by atoms with van der Waals surface area (Å²) in [4.78, 5) is 4.11. The fourth-order valence-electron chi connectivity index (χ4n) is 1.30. The van der Waals surface area contributed by atoms with Crippen molar-refractivity contribution in [2.75, 3.05) is 7.11 Å². The summed E-state index contributed by atoms with van der Waals surface area (Å²) in [6, 6.07) is 3.45. The van der Waals surface area contributed by atoms with Crippen LogP contribution in [-0.4, -0.2) is 17.3 Å². The Labute approximate surface area is 111 Å². The maximum absolute atomic E-state index is 6.11. The molecule has 0 spiro atoms. The van der Waals surface area contributed by atoms with Crippen LogP contribution in [0.3, 0.4) is 0 Å². The third-order valence-electron chi connectivity index (χ3n) is 2.13. The number of nitrogens with zero attached hydrogens (tertiary/aromatic N) is 2. The Morgan fingerprint density at radius 2 is 2.29 bits per heavy atom. The Balaban J connectivity index is 2.48. The summed E-state index contributed by atoms with van der Waals surface area (Å²) in [5.74, 6) is 1.41. The number of rotatable bonds is 3. The topological polar surface area (TPSA) is 74.2 Å². The van der Waals surface area contributed by atoms with Gasteiger partial charge in [-0.1, -0.05) is 16.8 Å². The molecule has 0 fully saturated rings. The minimum absolute atomic E-state index is 0.196. The van der Waals surface area contributed by atoms with Gasteiger partial charge < -0.3 is 15.0 Å². The molecule has 1 aromatic carbocycles. The van der Waals surface area contributed by atoms with Crippen molar-refractivity contribution >= 4 is 27.5 Å². The van der Waals surface area contributed by atoms with Crippen molar-refractivity contribution in [2.24, 2.45) is 5.73 Å². The minimum Gasteiger partial charge on any atom is -0.496 e. The molecule has 0 atom stereocenters. The van der Waals surface area contributed by atoms with Crippen molar-refractivity contribution in [3.05, 3.63) is 27.5 Å². The highest BCUT2D eigenvalue weighted by atomic mass is 79.9. The van der Waals surface area contributed by atoms with Gasteiger partial charge in [-0.15, -0.1) is 0 Å². The first-order chi connectivity index (χ1) is 8.15. The smallest absolute Gasteiger partial charge is 0.240 e. The zero-order valence-electron chi connectivity index (χ0n) is 8.91. The quantitative estimate of drug-likeness (QED) is 0.941. The number of aromatic nitrogens is 2. The highest BCUT2D eigenvalue weighted by molar-refractivity contribution is 9.10. The van der Waals surface area contributed by atoms with Crippen LogP contribution in [-0.2, 0) is 6.54 Å². The van der Waals surface area contributed by atoms with Gasteiger partial charge in [0.2, 0.25) is 11.7 Å². The highest BCUT2D eigenvalue weighted by Gasteiger charge is 2.14. The van der Waals surface area contributed by atoms with E-state index in [9.17, 15) is 0 Å². The summed E-state index contributed by atoms with van der Waals surface area (Å²) in [7, 11) is 1.57. The second-order valence-electron chi connectivity index (χ2n) is 3.18. The van der Waals surface area contributed by atoms with E-state index in [1.54, 1.807) is 19.2 Å². The Morgan fingerprint density at radius 3 is 2.88 bits per heavy atom. The molecule has 2 aromatic rings. The molecular weight excluding hydrogens is 309 g/mol. The van der Waals surface area contributed by atoms with Crippen LogP contribution in [0.5, 0.6) is 5.75 Å². The average molecular weight is 319 g/mol. The van der Waals surface area contributed by atoms with Crippen LogP contribution < -0.4 is 10.5 Å². The van der Waals surface area contributed by atoms with Crippen LogP contribution in [0.25, 0.3) is 11.4 Å². The van der Waals surface area contributed by atoms with Gasteiger partial charge in [0.25, 0.3) is 0 Å². The van der Waals surface area contributed by atoms with Gasteiger partial charge in [0.15, 0.2) is 0 Å². The monoisotopic (exact) mass is 317 g/mol. The first-order valence-electron chi connectivity index (χ1n) is 4.71. The van der Waals surface area contributed by atoms with Gasteiger partial charge >= 0.3 is 0 Å². The van der Waals surface area contributed by atoms with Gasteiger partial charge in [-0.25, -0.2) is 0 Å². The van der Waals surface area contributed by atoms with E-state index in [1.165, 1.54) is 0 Å². The standard InChI is InChI=1S/C10H9BrClN3O2/c1-16-8-3-7(12)5(2-6(8)11)10-14-9(4-13)17-15-10/h2-3H,4,13H2,1H3. The van der Waals surface area contributed by atoms with Crippen molar-refractivity contribution in [1.82, 2.24) is 10.1 Å². The fourth-order valence-corrected chi connectivity index (χ4v) is 2.05. The second kappa shape index (κ2) is 5.03. The molecule has 90 valence electrons. The zero-order valence-corrected chi connectivity index (χ0v) is 11.2. The molecular formula is C10H9BrClN3O2. The largest absolute Gasteiger partial charge is 0.496 e. The predicted molar refractivity (Wildman–Crippen MR) is 66.9 cm³/mol. The van der Waals surface area contributed by atoms with Crippen molar-refractivity contribution in [3.63, 3.8) is 0 Å². The van der Waals surface area contributed by atoms with Crippen LogP contribution in [0, 0.1) is 0 Å². The van der Waals surface area contributed by atoms with Crippen molar-refractivity contribution in [3.8, 4) is 17.1 Å². The van der Waals surface area contributed by atoms with Gasteiger partial charge in [0, 0.05) is 11.6 Å². The average Bonchev–Trinajstić information content (AvgIpc) is 2.80. The number of halogens is 2. The van der Waals surface area contributed by atoms with Gasteiger partial charge in [0.1, 0.15) is 5.75 Å². The predicted octanol–water partition coefficient (Wildman–Crippen LogP) is 2.62. The molecule has 0 bridgehead atoms. The van der Waals surface area contributed by atoms with E-state index in [0.717, 1.165) is 4.47 Å². The Hall–Kier alpha value is -1.11. The summed E-state index contributed by atoms with van der Waals surface area (Å²) in [6.07, 6.45) is 0. The molecule has 0 radical (unpaired) electrons. The van der Waals surface area contributed by atoms with E-state index in [4.69, 9.17) is 26.6 Å². The van der Waals surface area contributed by atoms with E-state index in [0.29, 0.717) is 28.1 Å². The van der Waals surface area contributed by atoms with E-state index in [-0.39, 0.29) is 6.54 Å². The summed E-state index contributed by atoms with van der Waals surface area (Å²) in [6.45, 7) is 0.196. The van der Waals surface area contributed by atoms with E-state index >= 15 is 0 Å². The summed E-state index contributed by atoms with van der Waals surface area (Å²) in [5, 5.41) is 4.28. The summed E-state index contributed by atoms with van der Waals surface area (Å²) >= 11 is 9.48. The second-order valence-corrected chi connectivity index (χ2v) is 4.44. The number of hydrogen-bond acceptors (Lipinski definition) is 5. The third kappa shape index (κ3) is 2.43. The van der Waals surface area contributed by atoms with Crippen LogP contribution in [0.4, 0.5) is 0 Å². The lowest BCUT2D eigenvalue weighted by molar-refractivity contribution is 0.380. The van der Waals surface area contributed by atoms with Crippen molar-refractivity contribution < 1.29 is 9.26 Å². The molecule has 0 saturated heterocycles. The lowest BCUT2D eigenvalue weighted by Crippen LogP contribution is -1.95. The van der Waals surface area contributed by atoms with Crippen LogP contribution in [0.15, 0.2) is 21.1 Å². The van der Waals surface area contributed by atoms with Crippen LogP contribution in [0.2, 0.25) is 5.02 Å². The highest BCUT2D eigenvalue weighted by Crippen LogP contribution is 2.35. The van der Waals surface area contributed by atoms with Gasteiger partial charge in [0.05, 0.1) is 23.1 Å². The Bertz CT molecular complexity index is 544. The van der Waals surface area contributed by atoms with E-state index in [2.05, 4.69) is 26.1 Å². The molecule has 0 saturated carbocycles. The summed E-state index contributed by atoms with van der Waals surface area (Å²) < 4.78 is 10.8. The number of nitrogens with two attached hydrogens (primary N) is 1. The molecule has 1 heterocycles. The molecule has 0 aliphatic carbocycles. The lowest BCUT2D eigenvalue weighted by atomic mass is 10.2. The lowest BCUT2D eigenvalue weighted by Gasteiger charge is -2.06. The fraction of sp³-hybridized carbons (Fsp3) is 0.200. The molecule has 7 heteroatoms. The molecule has 0 aliphatic rings. The van der Waals surface area contributed by atoms with Gasteiger partial charge in [-0.3, -0.25) is 0 Å². The first-order valence-corrected chi connectivity index (χ1v) is 5.89. The van der Waals surface area contributed by atoms with E-state index < -0.39 is 0 Å². The SMILES string of the molecule is COc1cc(Cl)c(-c2noc(CN)n2)cc1Br. The first kappa shape index (κ1) is 12.3. The molecule has 1 aromatic heterocycles. The normalized spacial score (nSPS) is 10.6. The number of benzene rings is 1. The Kier molecular flexibility index (Phi) is 3.66. The molecule has 2 rings (SSSR count). The minimum atomic E-state index is 0.196. The molecule has 0 amide bonds. The molecule has 0 unspecified atom stereocenters. The van der Waals surface area contributed by atoms with Crippen molar-refractivity contribution in [1.29, 1.82) is 0 Å². The maximum Gasteiger partial charge on any atom is 0.240 e. The van der Waals surface area contributed by atoms with Crippen molar-refractivity contribution in [2.45, 2.75) is 6.54 Å². The van der Waals surface area contributed by atoms with Gasteiger partial charge in [-0.2, -0.15) is 4.98 Å². The number of methoxy groups -OCH3 is 1. The third-order valence-corrected chi connectivity index (χ3v) is 3.06. The number of ether oxygens (including phenoxy) is 1. The molecule has 17 heavy (non-hydrogen) atoms. The molecule has 2 N–H and O–H groups in total. The molecule has 5 nitrogen and oxygen atoms in total. The maximum atomic E-state index is 6.11. The number of hydrogen-bond donors (Lipinski definition) is 1. The summed E-state index contributed by atoms with van der Waals surface area (Å²) in [5.41, 5.74) is 6.05. The zero-order chi connectivity index (χ0) is 12.4.